The third-order valence-electron chi connectivity index (χ3n) is 6.33. The molecule has 1 aromatic carbocycles. The maximum atomic E-state index is 15.0. The predicted molar refractivity (Wildman–Crippen MR) is 123 cm³/mol. The molecular formula is C23H25F2N5OS. The number of carbonyl (C=O) groups is 1. The van der Waals surface area contributed by atoms with E-state index in [4.69, 9.17) is 5.73 Å². The van der Waals surface area contributed by atoms with Crippen molar-refractivity contribution < 1.29 is 13.6 Å². The highest BCUT2D eigenvalue weighted by molar-refractivity contribution is 7.21. The van der Waals surface area contributed by atoms with Crippen molar-refractivity contribution in [3.8, 4) is 0 Å². The fourth-order valence-corrected chi connectivity index (χ4v) is 5.63. The van der Waals surface area contributed by atoms with Crippen LogP contribution in [0.2, 0.25) is 0 Å². The number of carbonyl (C=O) groups excluding carboxylic acids is 1. The standard InChI is InChI=1S/C23H25F2N5OS/c1-12-2-5-15-20(26)21(32-23(15)28-12)22(31)29-14-4-3-13-10-17(30-8-6-27-7-9-30)19(25)18(24)16(13)11-14/h2,5,10,14,27H,3-4,6-9,11,26H2,1H3,(H,29,31)/t14-/m1/s1. The summed E-state index contributed by atoms with van der Waals surface area (Å²) in [5.41, 5.74) is 8.98. The number of nitrogen functional groups attached to an aromatic ring is 1. The highest BCUT2D eigenvalue weighted by Crippen LogP contribution is 2.34. The third kappa shape index (κ3) is 3.69. The van der Waals surface area contributed by atoms with Crippen LogP contribution in [0.15, 0.2) is 18.2 Å². The Kier molecular flexibility index (Phi) is 5.46. The molecule has 5 rings (SSSR count). The molecule has 1 aliphatic heterocycles. The molecular weight excluding hydrogens is 432 g/mol. The fourth-order valence-electron chi connectivity index (χ4n) is 4.59. The van der Waals surface area contributed by atoms with E-state index in [1.165, 1.54) is 11.3 Å². The first-order valence-corrected chi connectivity index (χ1v) is 11.7. The number of hydrogen-bond acceptors (Lipinski definition) is 6. The van der Waals surface area contributed by atoms with Gasteiger partial charge in [0.2, 0.25) is 0 Å². The maximum Gasteiger partial charge on any atom is 0.263 e. The number of benzene rings is 1. The second-order valence-electron chi connectivity index (χ2n) is 8.46. The van der Waals surface area contributed by atoms with E-state index < -0.39 is 11.6 Å². The topological polar surface area (TPSA) is 83.3 Å². The minimum Gasteiger partial charge on any atom is -0.397 e. The number of pyridine rings is 1. The summed E-state index contributed by atoms with van der Waals surface area (Å²) in [6.07, 6.45) is 1.50. The summed E-state index contributed by atoms with van der Waals surface area (Å²) in [5, 5.41) is 6.95. The molecule has 0 spiro atoms. The second-order valence-corrected chi connectivity index (χ2v) is 9.46. The summed E-state index contributed by atoms with van der Waals surface area (Å²) in [4.78, 5) is 20.4. The summed E-state index contributed by atoms with van der Waals surface area (Å²) in [7, 11) is 0. The molecule has 2 aliphatic rings. The zero-order chi connectivity index (χ0) is 22.4. The molecule has 1 fully saturated rings. The average Bonchev–Trinajstić information content (AvgIpc) is 3.12. The molecule has 0 radical (unpaired) electrons. The van der Waals surface area contributed by atoms with Crippen molar-refractivity contribution in [2.75, 3.05) is 36.8 Å². The molecule has 168 valence electrons. The number of rotatable bonds is 3. The predicted octanol–water partition coefficient (Wildman–Crippen LogP) is 3.16. The molecule has 1 atom stereocenters. The summed E-state index contributed by atoms with van der Waals surface area (Å²) in [6.45, 7) is 4.69. The van der Waals surface area contributed by atoms with Gasteiger partial charge in [0.25, 0.3) is 5.91 Å². The monoisotopic (exact) mass is 457 g/mol. The summed E-state index contributed by atoms with van der Waals surface area (Å²) < 4.78 is 29.9. The first kappa shape index (κ1) is 21.1. The van der Waals surface area contributed by atoms with Gasteiger partial charge < -0.3 is 21.3 Å². The van der Waals surface area contributed by atoms with Crippen LogP contribution in [-0.4, -0.2) is 43.1 Å². The number of nitrogens with one attached hydrogen (secondary N) is 2. The summed E-state index contributed by atoms with van der Waals surface area (Å²) >= 11 is 1.25. The molecule has 9 heteroatoms. The zero-order valence-corrected chi connectivity index (χ0v) is 18.6. The van der Waals surface area contributed by atoms with Crippen LogP contribution in [0.1, 0.15) is 32.9 Å². The molecule has 4 N–H and O–H groups in total. The van der Waals surface area contributed by atoms with E-state index >= 15 is 4.39 Å². The van der Waals surface area contributed by atoms with Crippen LogP contribution < -0.4 is 21.3 Å². The van der Waals surface area contributed by atoms with E-state index in [0.29, 0.717) is 47.7 Å². The van der Waals surface area contributed by atoms with Gasteiger partial charge in [-0.3, -0.25) is 4.79 Å². The van der Waals surface area contributed by atoms with Gasteiger partial charge in [-0.15, -0.1) is 11.3 Å². The number of aryl methyl sites for hydroxylation is 2. The molecule has 32 heavy (non-hydrogen) atoms. The zero-order valence-electron chi connectivity index (χ0n) is 17.8. The first-order valence-electron chi connectivity index (χ1n) is 10.8. The number of aromatic nitrogens is 1. The van der Waals surface area contributed by atoms with Crippen molar-refractivity contribution in [3.63, 3.8) is 0 Å². The van der Waals surface area contributed by atoms with Gasteiger partial charge in [-0.05, 0) is 55.5 Å². The Bertz CT molecular complexity index is 1210. The smallest absolute Gasteiger partial charge is 0.263 e. The molecule has 2 aromatic heterocycles. The van der Waals surface area contributed by atoms with Crippen LogP contribution in [0.5, 0.6) is 0 Å². The van der Waals surface area contributed by atoms with Gasteiger partial charge in [0.1, 0.15) is 9.71 Å². The van der Waals surface area contributed by atoms with E-state index in [0.717, 1.165) is 34.6 Å². The van der Waals surface area contributed by atoms with Crippen molar-refractivity contribution in [2.45, 2.75) is 32.2 Å². The largest absolute Gasteiger partial charge is 0.397 e. The Morgan fingerprint density at radius 3 is 2.84 bits per heavy atom. The molecule has 0 unspecified atom stereocenters. The van der Waals surface area contributed by atoms with Crippen LogP contribution in [0.4, 0.5) is 20.2 Å². The lowest BCUT2D eigenvalue weighted by molar-refractivity contribution is 0.0938. The van der Waals surface area contributed by atoms with Crippen molar-refractivity contribution in [1.29, 1.82) is 0 Å². The molecule has 1 saturated heterocycles. The number of fused-ring (bicyclic) bond motifs is 2. The van der Waals surface area contributed by atoms with Gasteiger partial charge in [-0.25, -0.2) is 13.8 Å². The van der Waals surface area contributed by atoms with Crippen molar-refractivity contribution in [2.24, 2.45) is 0 Å². The van der Waals surface area contributed by atoms with Gasteiger partial charge >= 0.3 is 0 Å². The molecule has 6 nitrogen and oxygen atoms in total. The van der Waals surface area contributed by atoms with E-state index in [-0.39, 0.29) is 18.4 Å². The molecule has 3 aromatic rings. The fraction of sp³-hybridized carbons (Fsp3) is 0.391. The lowest BCUT2D eigenvalue weighted by Crippen LogP contribution is -2.44. The Balaban J connectivity index is 1.36. The minimum atomic E-state index is -0.798. The quantitative estimate of drug-likeness (QED) is 0.563. The third-order valence-corrected chi connectivity index (χ3v) is 7.44. The first-order chi connectivity index (χ1) is 15.4. The number of piperazine rings is 1. The number of amides is 1. The molecule has 1 aliphatic carbocycles. The van der Waals surface area contributed by atoms with Crippen LogP contribution in [0, 0.1) is 18.6 Å². The number of halogens is 2. The number of nitrogens with two attached hydrogens (primary N) is 1. The van der Waals surface area contributed by atoms with Gasteiger partial charge in [-0.1, -0.05) is 0 Å². The lowest BCUT2D eigenvalue weighted by atomic mass is 9.87. The Hall–Kier alpha value is -2.78. The average molecular weight is 458 g/mol. The molecule has 0 bridgehead atoms. The number of nitrogens with zero attached hydrogens (tertiary/aromatic N) is 2. The highest BCUT2D eigenvalue weighted by Gasteiger charge is 2.29. The lowest BCUT2D eigenvalue weighted by Gasteiger charge is -2.32. The van der Waals surface area contributed by atoms with Gasteiger partial charge in [-0.2, -0.15) is 0 Å². The number of hydrogen-bond donors (Lipinski definition) is 3. The molecule has 1 amide bonds. The maximum absolute atomic E-state index is 15.0. The summed E-state index contributed by atoms with van der Waals surface area (Å²) in [5.74, 6) is -1.89. The number of anilines is 2. The summed E-state index contributed by atoms with van der Waals surface area (Å²) in [6, 6.07) is 5.23. The Labute approximate surface area is 188 Å². The molecule has 0 saturated carbocycles. The van der Waals surface area contributed by atoms with Gasteiger partial charge in [0.15, 0.2) is 11.6 Å². The Morgan fingerprint density at radius 1 is 1.28 bits per heavy atom. The van der Waals surface area contributed by atoms with E-state index in [1.807, 2.05) is 24.0 Å². The van der Waals surface area contributed by atoms with E-state index in [9.17, 15) is 9.18 Å². The van der Waals surface area contributed by atoms with Crippen molar-refractivity contribution in [1.82, 2.24) is 15.6 Å². The number of thiophene rings is 1. The Morgan fingerprint density at radius 2 is 2.06 bits per heavy atom. The van der Waals surface area contributed by atoms with Crippen molar-refractivity contribution in [3.05, 3.63) is 51.5 Å². The SMILES string of the molecule is Cc1ccc2c(N)c(C(=O)N[C@@H]3CCc4cc(N5CCNCC5)c(F)c(F)c4C3)sc2n1. The van der Waals surface area contributed by atoms with Gasteiger partial charge in [0, 0.05) is 43.3 Å². The molecule has 3 heterocycles. The van der Waals surface area contributed by atoms with Crippen molar-refractivity contribution >= 4 is 38.8 Å². The van der Waals surface area contributed by atoms with E-state index in [1.54, 1.807) is 6.07 Å². The van der Waals surface area contributed by atoms with E-state index in [2.05, 4.69) is 15.6 Å². The second kappa shape index (κ2) is 8.29. The van der Waals surface area contributed by atoms with Crippen LogP contribution in [0.3, 0.4) is 0 Å². The van der Waals surface area contributed by atoms with Gasteiger partial charge in [0.05, 0.1) is 11.4 Å². The van der Waals surface area contributed by atoms with Crippen LogP contribution in [-0.2, 0) is 12.8 Å². The van der Waals surface area contributed by atoms with Crippen LogP contribution >= 0.6 is 11.3 Å². The van der Waals surface area contributed by atoms with Crippen LogP contribution in [0.25, 0.3) is 10.2 Å². The highest BCUT2D eigenvalue weighted by atomic mass is 32.1. The minimum absolute atomic E-state index is 0.258. The normalized spacial score (nSPS) is 18.6.